The van der Waals surface area contributed by atoms with Crippen LogP contribution in [0, 0.1) is 5.41 Å². The zero-order valence-corrected chi connectivity index (χ0v) is 12.9. The van der Waals surface area contributed by atoms with Crippen molar-refractivity contribution in [3.05, 3.63) is 0 Å². The molecule has 0 aromatic carbocycles. The summed E-state index contributed by atoms with van der Waals surface area (Å²) in [6.07, 6.45) is 4.77. The van der Waals surface area contributed by atoms with Gasteiger partial charge in [0.15, 0.2) is 0 Å². The molecule has 2 aliphatic rings. The number of aliphatic carboxylic acids is 1. The number of carboxylic acid groups (broad SMARTS) is 1. The summed E-state index contributed by atoms with van der Waals surface area (Å²) in [5, 5.41) is 9.19. The van der Waals surface area contributed by atoms with Gasteiger partial charge < -0.3 is 5.11 Å². The summed E-state index contributed by atoms with van der Waals surface area (Å²) in [4.78, 5) is 11.2. The number of carbonyl (C=O) groups is 1. The fraction of sp³-hybridized carbons (Fsp3) is 0.923. The van der Waals surface area contributed by atoms with E-state index in [2.05, 4.69) is 0 Å². The maximum absolute atomic E-state index is 12.6. The summed E-state index contributed by atoms with van der Waals surface area (Å²) in [6, 6.07) is 0. The first kappa shape index (κ1) is 15.7. The lowest BCUT2D eigenvalue weighted by Crippen LogP contribution is -2.50. The molecular weight excluding hydrogens is 280 g/mol. The molecule has 0 bridgehead atoms. The highest BCUT2D eigenvalue weighted by atomic mass is 32.2. The monoisotopic (exact) mass is 304 g/mol. The Bertz CT molecular complexity index is 447. The van der Waals surface area contributed by atoms with Crippen LogP contribution in [-0.2, 0) is 15.0 Å². The van der Waals surface area contributed by atoms with E-state index in [1.165, 1.54) is 4.31 Å². The molecule has 2 aliphatic heterocycles. The van der Waals surface area contributed by atoms with E-state index in [-0.39, 0.29) is 0 Å². The predicted octanol–water partition coefficient (Wildman–Crippen LogP) is 1.29. The van der Waals surface area contributed by atoms with Crippen LogP contribution >= 0.6 is 0 Å². The Morgan fingerprint density at radius 2 is 1.40 bits per heavy atom. The Kier molecular flexibility index (Phi) is 4.71. The minimum atomic E-state index is -3.41. The topological polar surface area (TPSA) is 77.9 Å². The molecule has 7 heteroatoms. The standard InChI is InChI=1S/C13H24N2O4S/c1-13(12(16)17)6-10-15(11-7-13)20(18,19)14-8-4-2-3-5-9-14/h2-11H2,1H3,(H,16,17). The van der Waals surface area contributed by atoms with E-state index in [0.717, 1.165) is 25.7 Å². The van der Waals surface area contributed by atoms with Gasteiger partial charge >= 0.3 is 5.97 Å². The highest BCUT2D eigenvalue weighted by molar-refractivity contribution is 7.86. The average molecular weight is 304 g/mol. The van der Waals surface area contributed by atoms with Crippen LogP contribution in [0.4, 0.5) is 0 Å². The Hall–Kier alpha value is -0.660. The molecule has 116 valence electrons. The second-order valence-electron chi connectivity index (χ2n) is 6.09. The zero-order valence-electron chi connectivity index (χ0n) is 12.0. The Labute approximate surface area is 120 Å². The maximum atomic E-state index is 12.6. The zero-order chi connectivity index (χ0) is 14.8. The molecular formula is C13H24N2O4S. The Morgan fingerprint density at radius 1 is 0.950 bits per heavy atom. The molecule has 1 N–H and O–H groups in total. The van der Waals surface area contributed by atoms with Crippen LogP contribution in [0.3, 0.4) is 0 Å². The summed E-state index contributed by atoms with van der Waals surface area (Å²) in [6.45, 7) is 3.50. The molecule has 0 saturated carbocycles. The van der Waals surface area contributed by atoms with Crippen LogP contribution in [0.1, 0.15) is 45.4 Å². The van der Waals surface area contributed by atoms with Crippen molar-refractivity contribution >= 4 is 16.2 Å². The number of nitrogens with zero attached hydrogens (tertiary/aromatic N) is 2. The fourth-order valence-corrected chi connectivity index (χ4v) is 4.55. The van der Waals surface area contributed by atoms with Gasteiger partial charge in [-0.05, 0) is 32.6 Å². The molecule has 0 unspecified atom stereocenters. The highest BCUT2D eigenvalue weighted by Gasteiger charge is 2.41. The summed E-state index contributed by atoms with van der Waals surface area (Å²) in [7, 11) is -3.41. The highest BCUT2D eigenvalue weighted by Crippen LogP contribution is 2.32. The van der Waals surface area contributed by atoms with Crippen molar-refractivity contribution in [2.24, 2.45) is 5.41 Å². The van der Waals surface area contributed by atoms with Crippen LogP contribution in [0.2, 0.25) is 0 Å². The molecule has 0 aliphatic carbocycles. The van der Waals surface area contributed by atoms with Crippen molar-refractivity contribution in [2.45, 2.75) is 45.4 Å². The van der Waals surface area contributed by atoms with Crippen molar-refractivity contribution in [3.63, 3.8) is 0 Å². The normalized spacial score (nSPS) is 26.1. The van der Waals surface area contributed by atoms with Crippen LogP contribution in [-0.4, -0.2) is 54.3 Å². The van der Waals surface area contributed by atoms with Gasteiger partial charge in [0, 0.05) is 26.2 Å². The van der Waals surface area contributed by atoms with E-state index in [1.807, 2.05) is 0 Å². The van der Waals surface area contributed by atoms with Crippen LogP contribution < -0.4 is 0 Å². The first-order chi connectivity index (χ1) is 9.36. The third-order valence-electron chi connectivity index (χ3n) is 4.56. The van der Waals surface area contributed by atoms with E-state index in [1.54, 1.807) is 11.2 Å². The largest absolute Gasteiger partial charge is 0.481 e. The number of carboxylic acids is 1. The van der Waals surface area contributed by atoms with Crippen LogP contribution in [0.15, 0.2) is 0 Å². The third-order valence-corrected chi connectivity index (χ3v) is 6.60. The summed E-state index contributed by atoms with van der Waals surface area (Å²) in [5.41, 5.74) is -0.787. The summed E-state index contributed by atoms with van der Waals surface area (Å²) >= 11 is 0. The first-order valence-electron chi connectivity index (χ1n) is 7.35. The molecule has 0 atom stereocenters. The maximum Gasteiger partial charge on any atom is 0.309 e. The number of piperidine rings is 1. The van der Waals surface area contributed by atoms with Crippen molar-refractivity contribution < 1.29 is 18.3 Å². The molecule has 2 rings (SSSR count). The van der Waals surface area contributed by atoms with Crippen molar-refractivity contribution in [1.82, 2.24) is 8.61 Å². The summed E-state index contributed by atoms with van der Waals surface area (Å²) in [5.74, 6) is -0.829. The van der Waals surface area contributed by atoms with Gasteiger partial charge in [0.1, 0.15) is 0 Å². The molecule has 2 fully saturated rings. The van der Waals surface area contributed by atoms with E-state index >= 15 is 0 Å². The third kappa shape index (κ3) is 3.15. The van der Waals surface area contributed by atoms with Gasteiger partial charge in [-0.25, -0.2) is 0 Å². The SMILES string of the molecule is CC1(C(=O)O)CCN(S(=O)(=O)N2CCCCCC2)CC1. The van der Waals surface area contributed by atoms with Gasteiger partial charge in [-0.3, -0.25) is 4.79 Å². The molecule has 0 aromatic heterocycles. The number of rotatable bonds is 3. The fourth-order valence-electron chi connectivity index (χ4n) is 2.86. The van der Waals surface area contributed by atoms with E-state index in [0.29, 0.717) is 39.0 Å². The van der Waals surface area contributed by atoms with Crippen LogP contribution in [0.25, 0.3) is 0 Å². The van der Waals surface area contributed by atoms with E-state index in [9.17, 15) is 18.3 Å². The van der Waals surface area contributed by atoms with Crippen molar-refractivity contribution in [2.75, 3.05) is 26.2 Å². The number of hydrogen-bond donors (Lipinski definition) is 1. The predicted molar refractivity (Wildman–Crippen MR) is 75.5 cm³/mol. The minimum absolute atomic E-state index is 0.307. The van der Waals surface area contributed by atoms with Gasteiger partial charge in [0.2, 0.25) is 0 Å². The van der Waals surface area contributed by atoms with Gasteiger partial charge in [0.05, 0.1) is 5.41 Å². The molecule has 0 spiro atoms. The Balaban J connectivity index is 2.03. The lowest BCUT2D eigenvalue weighted by molar-refractivity contribution is -0.150. The van der Waals surface area contributed by atoms with Crippen LogP contribution in [0.5, 0.6) is 0 Å². The Morgan fingerprint density at radius 3 is 1.85 bits per heavy atom. The average Bonchev–Trinajstić information content (AvgIpc) is 2.68. The molecule has 6 nitrogen and oxygen atoms in total. The number of hydrogen-bond acceptors (Lipinski definition) is 3. The van der Waals surface area contributed by atoms with Gasteiger partial charge in [-0.1, -0.05) is 12.8 Å². The van der Waals surface area contributed by atoms with E-state index in [4.69, 9.17) is 0 Å². The lowest BCUT2D eigenvalue weighted by atomic mass is 9.81. The van der Waals surface area contributed by atoms with Crippen molar-refractivity contribution in [3.8, 4) is 0 Å². The molecule has 0 radical (unpaired) electrons. The minimum Gasteiger partial charge on any atom is -0.481 e. The second-order valence-corrected chi connectivity index (χ2v) is 8.01. The second kappa shape index (κ2) is 5.99. The first-order valence-corrected chi connectivity index (χ1v) is 8.75. The smallest absolute Gasteiger partial charge is 0.309 e. The van der Waals surface area contributed by atoms with E-state index < -0.39 is 21.6 Å². The molecule has 2 heterocycles. The molecule has 0 aromatic rings. The van der Waals surface area contributed by atoms with Gasteiger partial charge in [-0.2, -0.15) is 17.0 Å². The summed E-state index contributed by atoms with van der Waals surface area (Å²) < 4.78 is 28.2. The quantitative estimate of drug-likeness (QED) is 0.852. The van der Waals surface area contributed by atoms with Gasteiger partial charge in [0.25, 0.3) is 10.2 Å². The van der Waals surface area contributed by atoms with Crippen molar-refractivity contribution in [1.29, 1.82) is 0 Å². The molecule has 20 heavy (non-hydrogen) atoms. The lowest BCUT2D eigenvalue weighted by Gasteiger charge is -2.37. The van der Waals surface area contributed by atoms with Gasteiger partial charge in [-0.15, -0.1) is 0 Å². The molecule has 2 saturated heterocycles. The molecule has 0 amide bonds.